The highest BCUT2D eigenvalue weighted by molar-refractivity contribution is 5.94. The molecule has 0 aliphatic carbocycles. The molecule has 1 aliphatic rings. The van der Waals surface area contributed by atoms with Gasteiger partial charge in [-0.15, -0.1) is 0 Å². The van der Waals surface area contributed by atoms with Gasteiger partial charge >= 0.3 is 0 Å². The number of amides is 1. The predicted molar refractivity (Wildman–Crippen MR) is 70.6 cm³/mol. The Bertz CT molecular complexity index is 565. The molecule has 3 rings (SSSR count). The molecule has 0 spiro atoms. The molecule has 0 saturated carbocycles. The van der Waals surface area contributed by atoms with Crippen LogP contribution >= 0.6 is 0 Å². The van der Waals surface area contributed by atoms with Gasteiger partial charge in [0.25, 0.3) is 5.91 Å². The molecule has 1 saturated heterocycles. The smallest absolute Gasteiger partial charge is 0.252 e. The molecule has 0 unspecified atom stereocenters. The molecule has 1 N–H and O–H groups in total. The highest BCUT2D eigenvalue weighted by Gasteiger charge is 2.41. The fraction of sp³-hybridized carbons (Fsp3) is 0.200. The number of carbonyl (C=O) groups is 1. The first-order chi connectivity index (χ1) is 9.30. The van der Waals surface area contributed by atoms with E-state index >= 15 is 0 Å². The molecule has 0 radical (unpaired) electrons. The Morgan fingerprint density at radius 2 is 1.79 bits per heavy atom. The van der Waals surface area contributed by atoms with Crippen molar-refractivity contribution in [1.29, 1.82) is 0 Å². The van der Waals surface area contributed by atoms with Gasteiger partial charge in [-0.3, -0.25) is 9.78 Å². The summed E-state index contributed by atoms with van der Waals surface area (Å²) in [4.78, 5) is 16.1. The Balaban J connectivity index is 1.83. The van der Waals surface area contributed by atoms with E-state index in [2.05, 4.69) is 10.3 Å². The molecule has 4 nitrogen and oxygen atoms in total. The van der Waals surface area contributed by atoms with Gasteiger partial charge in [0.15, 0.2) is 0 Å². The Labute approximate surface area is 111 Å². The first-order valence-electron chi connectivity index (χ1n) is 6.16. The maximum atomic E-state index is 12.2. The van der Waals surface area contributed by atoms with Gasteiger partial charge in [0.1, 0.15) is 5.54 Å². The van der Waals surface area contributed by atoms with E-state index in [1.807, 2.05) is 30.3 Å². The van der Waals surface area contributed by atoms with Crippen molar-refractivity contribution in [2.75, 3.05) is 13.2 Å². The van der Waals surface area contributed by atoms with Crippen molar-refractivity contribution in [3.63, 3.8) is 0 Å². The van der Waals surface area contributed by atoms with E-state index in [1.54, 1.807) is 24.5 Å². The molecule has 2 aromatic rings. The Hall–Kier alpha value is -2.20. The summed E-state index contributed by atoms with van der Waals surface area (Å²) >= 11 is 0. The van der Waals surface area contributed by atoms with Crippen LogP contribution in [-0.2, 0) is 10.3 Å². The molecule has 0 bridgehead atoms. The summed E-state index contributed by atoms with van der Waals surface area (Å²) in [6.45, 7) is 1.02. The van der Waals surface area contributed by atoms with Crippen molar-refractivity contribution in [2.45, 2.75) is 5.54 Å². The molecule has 2 heterocycles. The Kier molecular flexibility index (Phi) is 3.01. The fourth-order valence-corrected chi connectivity index (χ4v) is 2.17. The minimum atomic E-state index is -0.401. The number of carbonyl (C=O) groups excluding carboxylic acids is 1. The van der Waals surface area contributed by atoms with Crippen molar-refractivity contribution >= 4 is 5.91 Å². The number of ether oxygens (including phenoxy) is 1. The summed E-state index contributed by atoms with van der Waals surface area (Å²) in [5.74, 6) is -0.102. The standard InChI is InChI=1S/C15H14N2O2/c18-14(12-6-8-16-9-7-12)17-15(10-19-11-15)13-4-2-1-3-5-13/h1-9H,10-11H2,(H,17,18). The molecule has 1 fully saturated rings. The first kappa shape index (κ1) is 11.9. The second-order valence-corrected chi connectivity index (χ2v) is 4.63. The second kappa shape index (κ2) is 4.82. The maximum Gasteiger partial charge on any atom is 0.252 e. The van der Waals surface area contributed by atoms with Gasteiger partial charge in [-0.25, -0.2) is 0 Å². The van der Waals surface area contributed by atoms with E-state index in [4.69, 9.17) is 4.74 Å². The molecule has 1 aromatic heterocycles. The van der Waals surface area contributed by atoms with Crippen LogP contribution in [0.3, 0.4) is 0 Å². The van der Waals surface area contributed by atoms with E-state index in [1.165, 1.54) is 0 Å². The largest absolute Gasteiger partial charge is 0.376 e. The first-order valence-corrected chi connectivity index (χ1v) is 6.16. The van der Waals surface area contributed by atoms with Crippen LogP contribution in [0, 0.1) is 0 Å². The summed E-state index contributed by atoms with van der Waals surface area (Å²) in [5, 5.41) is 3.07. The van der Waals surface area contributed by atoms with Gasteiger partial charge in [0.2, 0.25) is 0 Å². The fourth-order valence-electron chi connectivity index (χ4n) is 2.17. The van der Waals surface area contributed by atoms with Crippen LogP contribution < -0.4 is 5.32 Å². The average molecular weight is 254 g/mol. The molecule has 96 valence electrons. The summed E-state index contributed by atoms with van der Waals surface area (Å²) < 4.78 is 5.30. The zero-order chi connectivity index (χ0) is 13.1. The van der Waals surface area contributed by atoms with Crippen LogP contribution in [0.4, 0.5) is 0 Å². The lowest BCUT2D eigenvalue weighted by molar-refractivity contribution is -0.0733. The third kappa shape index (κ3) is 2.22. The average Bonchev–Trinajstić information content (AvgIpc) is 2.44. The van der Waals surface area contributed by atoms with Crippen LogP contribution in [0.15, 0.2) is 54.9 Å². The number of hydrogen-bond donors (Lipinski definition) is 1. The van der Waals surface area contributed by atoms with E-state index in [9.17, 15) is 4.79 Å². The van der Waals surface area contributed by atoms with Crippen molar-refractivity contribution in [2.24, 2.45) is 0 Å². The molecule has 1 aromatic carbocycles. The molecule has 1 aliphatic heterocycles. The van der Waals surface area contributed by atoms with Gasteiger partial charge in [-0.1, -0.05) is 30.3 Å². The minimum Gasteiger partial charge on any atom is -0.376 e. The third-order valence-corrected chi connectivity index (χ3v) is 3.32. The molecular weight excluding hydrogens is 240 g/mol. The Morgan fingerprint density at radius 1 is 1.11 bits per heavy atom. The zero-order valence-electron chi connectivity index (χ0n) is 10.4. The number of benzene rings is 1. The summed E-state index contributed by atoms with van der Waals surface area (Å²) in [7, 11) is 0. The van der Waals surface area contributed by atoms with Crippen LogP contribution in [0.25, 0.3) is 0 Å². The zero-order valence-corrected chi connectivity index (χ0v) is 10.4. The minimum absolute atomic E-state index is 0.102. The maximum absolute atomic E-state index is 12.2. The van der Waals surface area contributed by atoms with Crippen molar-refractivity contribution in [3.05, 3.63) is 66.0 Å². The van der Waals surface area contributed by atoms with Crippen LogP contribution in [0.5, 0.6) is 0 Å². The molecule has 1 amide bonds. The number of rotatable bonds is 3. The quantitative estimate of drug-likeness (QED) is 0.907. The van der Waals surface area contributed by atoms with Crippen molar-refractivity contribution in [3.8, 4) is 0 Å². The normalized spacial score (nSPS) is 16.4. The molecular formula is C15H14N2O2. The van der Waals surface area contributed by atoms with Crippen molar-refractivity contribution < 1.29 is 9.53 Å². The number of nitrogens with one attached hydrogen (secondary N) is 1. The van der Waals surface area contributed by atoms with Gasteiger partial charge in [0.05, 0.1) is 13.2 Å². The van der Waals surface area contributed by atoms with Gasteiger partial charge in [-0.2, -0.15) is 0 Å². The molecule has 4 heteroatoms. The van der Waals surface area contributed by atoms with Gasteiger partial charge in [0, 0.05) is 18.0 Å². The monoisotopic (exact) mass is 254 g/mol. The van der Waals surface area contributed by atoms with Gasteiger partial charge in [-0.05, 0) is 17.7 Å². The number of hydrogen-bond acceptors (Lipinski definition) is 3. The highest BCUT2D eigenvalue weighted by Crippen LogP contribution is 2.29. The topological polar surface area (TPSA) is 51.2 Å². The van der Waals surface area contributed by atoms with E-state index < -0.39 is 5.54 Å². The van der Waals surface area contributed by atoms with E-state index in [0.717, 1.165) is 5.56 Å². The van der Waals surface area contributed by atoms with E-state index in [-0.39, 0.29) is 5.91 Å². The third-order valence-electron chi connectivity index (χ3n) is 3.32. The summed E-state index contributed by atoms with van der Waals surface area (Å²) in [5.41, 5.74) is 1.28. The number of pyridine rings is 1. The Morgan fingerprint density at radius 3 is 2.37 bits per heavy atom. The molecule has 0 atom stereocenters. The lowest BCUT2D eigenvalue weighted by Crippen LogP contribution is -2.59. The lowest BCUT2D eigenvalue weighted by Gasteiger charge is -2.42. The SMILES string of the molecule is O=C(NC1(c2ccccc2)COC1)c1ccncc1. The van der Waals surface area contributed by atoms with E-state index in [0.29, 0.717) is 18.8 Å². The summed E-state index contributed by atoms with van der Waals surface area (Å²) in [6, 6.07) is 13.3. The van der Waals surface area contributed by atoms with Crippen LogP contribution in [0.1, 0.15) is 15.9 Å². The van der Waals surface area contributed by atoms with Crippen LogP contribution in [-0.4, -0.2) is 24.1 Å². The number of nitrogens with zero attached hydrogens (tertiary/aromatic N) is 1. The summed E-state index contributed by atoms with van der Waals surface area (Å²) in [6.07, 6.45) is 3.22. The van der Waals surface area contributed by atoms with Crippen LogP contribution in [0.2, 0.25) is 0 Å². The predicted octanol–water partition coefficient (Wildman–Crippen LogP) is 1.74. The highest BCUT2D eigenvalue weighted by atomic mass is 16.5. The second-order valence-electron chi connectivity index (χ2n) is 4.63. The van der Waals surface area contributed by atoms with Crippen molar-refractivity contribution in [1.82, 2.24) is 10.3 Å². The van der Waals surface area contributed by atoms with Gasteiger partial charge < -0.3 is 10.1 Å². The number of aromatic nitrogens is 1. The molecule has 19 heavy (non-hydrogen) atoms. The lowest BCUT2D eigenvalue weighted by atomic mass is 9.87.